The maximum absolute atomic E-state index is 12.3. The van der Waals surface area contributed by atoms with Crippen molar-refractivity contribution in [2.24, 2.45) is 5.92 Å². The Morgan fingerprint density at radius 3 is 2.85 bits per heavy atom. The van der Waals surface area contributed by atoms with Crippen molar-refractivity contribution in [2.45, 2.75) is 45.1 Å². The van der Waals surface area contributed by atoms with E-state index in [2.05, 4.69) is 10.3 Å². The summed E-state index contributed by atoms with van der Waals surface area (Å²) in [6, 6.07) is 3.27. The predicted octanol–water partition coefficient (Wildman–Crippen LogP) is 2.15. The molecule has 1 saturated carbocycles. The molecular formula is C15H20N2O3. The van der Waals surface area contributed by atoms with E-state index in [-0.39, 0.29) is 5.91 Å². The molecule has 0 aliphatic heterocycles. The average molecular weight is 276 g/mol. The van der Waals surface area contributed by atoms with E-state index >= 15 is 0 Å². The Morgan fingerprint density at radius 1 is 1.50 bits per heavy atom. The number of carbonyl (C=O) groups is 2. The van der Waals surface area contributed by atoms with Crippen LogP contribution in [0.4, 0.5) is 0 Å². The molecule has 1 aromatic rings. The average Bonchev–Trinajstić information content (AvgIpc) is 2.38. The van der Waals surface area contributed by atoms with Crippen molar-refractivity contribution in [2.75, 3.05) is 0 Å². The predicted molar refractivity (Wildman–Crippen MR) is 74.4 cm³/mol. The van der Waals surface area contributed by atoms with E-state index in [1.54, 1.807) is 25.3 Å². The third kappa shape index (κ3) is 2.98. The number of amides is 1. The second-order valence-corrected chi connectivity index (χ2v) is 5.73. The van der Waals surface area contributed by atoms with Gasteiger partial charge >= 0.3 is 5.97 Å². The van der Waals surface area contributed by atoms with Gasteiger partial charge < -0.3 is 10.4 Å². The lowest BCUT2D eigenvalue weighted by atomic mass is 9.76. The summed E-state index contributed by atoms with van der Waals surface area (Å²) >= 11 is 0. The van der Waals surface area contributed by atoms with E-state index in [1.165, 1.54) is 0 Å². The molecule has 0 spiro atoms. The summed E-state index contributed by atoms with van der Waals surface area (Å²) in [6.45, 7) is 3.83. The van der Waals surface area contributed by atoms with Crippen molar-refractivity contribution in [3.8, 4) is 0 Å². The molecule has 2 unspecified atom stereocenters. The molecule has 108 valence electrons. The van der Waals surface area contributed by atoms with Crippen molar-refractivity contribution in [1.82, 2.24) is 10.3 Å². The topological polar surface area (TPSA) is 79.3 Å². The van der Waals surface area contributed by atoms with Gasteiger partial charge in [-0.2, -0.15) is 0 Å². The first-order valence-corrected chi connectivity index (χ1v) is 6.91. The molecule has 5 nitrogen and oxygen atoms in total. The van der Waals surface area contributed by atoms with E-state index in [0.29, 0.717) is 24.3 Å². The number of nitrogens with zero attached hydrogens (tertiary/aromatic N) is 1. The van der Waals surface area contributed by atoms with E-state index in [0.717, 1.165) is 18.5 Å². The Kier molecular flexibility index (Phi) is 4.06. The summed E-state index contributed by atoms with van der Waals surface area (Å²) in [6.07, 6.45) is 4.37. The first kappa shape index (κ1) is 14.5. The highest BCUT2D eigenvalue weighted by Crippen LogP contribution is 2.32. The molecule has 0 saturated heterocycles. The Bertz CT molecular complexity index is 530. The smallest absolute Gasteiger partial charge is 0.329 e. The number of carboxylic acid groups (broad SMARTS) is 1. The molecule has 2 atom stereocenters. The molecular weight excluding hydrogens is 256 g/mol. The second-order valence-electron chi connectivity index (χ2n) is 5.73. The van der Waals surface area contributed by atoms with Gasteiger partial charge in [-0.25, -0.2) is 4.79 Å². The van der Waals surface area contributed by atoms with Crippen LogP contribution in [0.15, 0.2) is 18.3 Å². The maximum Gasteiger partial charge on any atom is 0.329 e. The van der Waals surface area contributed by atoms with Gasteiger partial charge in [-0.1, -0.05) is 19.8 Å². The van der Waals surface area contributed by atoms with Crippen LogP contribution in [0.1, 0.15) is 48.7 Å². The fourth-order valence-electron chi connectivity index (χ4n) is 2.89. The Morgan fingerprint density at radius 2 is 2.25 bits per heavy atom. The van der Waals surface area contributed by atoms with Gasteiger partial charge in [-0.15, -0.1) is 0 Å². The second kappa shape index (κ2) is 5.61. The number of nitrogens with one attached hydrogen (secondary N) is 1. The molecule has 0 radical (unpaired) electrons. The molecule has 1 heterocycles. The number of aliphatic carboxylic acids is 1. The highest BCUT2D eigenvalue weighted by atomic mass is 16.4. The standard InChI is InChI=1S/C15H20N2O3/c1-10-4-3-6-15(9-10,14(19)20)17-13(18)12-5-7-16-11(2)8-12/h5,7-8,10H,3-4,6,9H2,1-2H3,(H,17,18)(H,19,20). The molecule has 20 heavy (non-hydrogen) atoms. The third-order valence-corrected chi connectivity index (χ3v) is 3.92. The molecule has 0 aromatic carbocycles. The number of aromatic nitrogens is 1. The summed E-state index contributed by atoms with van der Waals surface area (Å²) in [7, 11) is 0. The summed E-state index contributed by atoms with van der Waals surface area (Å²) in [4.78, 5) is 27.9. The number of hydrogen-bond donors (Lipinski definition) is 2. The number of rotatable bonds is 3. The third-order valence-electron chi connectivity index (χ3n) is 3.92. The molecule has 1 aliphatic carbocycles. The molecule has 1 fully saturated rings. The van der Waals surface area contributed by atoms with Crippen LogP contribution >= 0.6 is 0 Å². The lowest BCUT2D eigenvalue weighted by Crippen LogP contribution is -2.56. The lowest BCUT2D eigenvalue weighted by molar-refractivity contribution is -0.146. The highest BCUT2D eigenvalue weighted by molar-refractivity contribution is 5.97. The monoisotopic (exact) mass is 276 g/mol. The van der Waals surface area contributed by atoms with Crippen molar-refractivity contribution in [1.29, 1.82) is 0 Å². The number of carbonyl (C=O) groups excluding carboxylic acids is 1. The Hall–Kier alpha value is -1.91. The maximum atomic E-state index is 12.3. The summed E-state index contributed by atoms with van der Waals surface area (Å²) in [5, 5.41) is 12.3. The number of pyridine rings is 1. The fraction of sp³-hybridized carbons (Fsp3) is 0.533. The van der Waals surface area contributed by atoms with E-state index < -0.39 is 11.5 Å². The van der Waals surface area contributed by atoms with Crippen LogP contribution < -0.4 is 5.32 Å². The minimum atomic E-state index is -1.13. The highest BCUT2D eigenvalue weighted by Gasteiger charge is 2.43. The molecule has 1 aromatic heterocycles. The number of aryl methyl sites for hydroxylation is 1. The first-order valence-electron chi connectivity index (χ1n) is 6.91. The van der Waals surface area contributed by atoms with Gasteiger partial charge in [0.25, 0.3) is 5.91 Å². The molecule has 2 N–H and O–H groups in total. The Balaban J connectivity index is 2.20. The fourth-order valence-corrected chi connectivity index (χ4v) is 2.89. The van der Waals surface area contributed by atoms with Gasteiger partial charge in [-0.05, 0) is 37.8 Å². The van der Waals surface area contributed by atoms with Crippen LogP contribution in [0.5, 0.6) is 0 Å². The summed E-state index contributed by atoms with van der Waals surface area (Å²) < 4.78 is 0. The van der Waals surface area contributed by atoms with Gasteiger partial charge in [0.15, 0.2) is 0 Å². The zero-order chi connectivity index (χ0) is 14.8. The zero-order valence-electron chi connectivity index (χ0n) is 11.8. The molecule has 0 bridgehead atoms. The van der Waals surface area contributed by atoms with Gasteiger partial charge in [0.05, 0.1) is 0 Å². The van der Waals surface area contributed by atoms with Crippen molar-refractivity contribution in [3.05, 3.63) is 29.6 Å². The number of hydrogen-bond acceptors (Lipinski definition) is 3. The van der Waals surface area contributed by atoms with Crippen molar-refractivity contribution >= 4 is 11.9 Å². The van der Waals surface area contributed by atoms with E-state index in [4.69, 9.17) is 0 Å². The first-order chi connectivity index (χ1) is 9.43. The quantitative estimate of drug-likeness (QED) is 0.886. The summed E-state index contributed by atoms with van der Waals surface area (Å²) in [5.41, 5.74) is 0.0572. The van der Waals surface area contributed by atoms with Crippen LogP contribution in [0.3, 0.4) is 0 Å². The molecule has 2 rings (SSSR count). The molecule has 1 amide bonds. The van der Waals surface area contributed by atoms with Gasteiger partial charge in [0.1, 0.15) is 5.54 Å². The van der Waals surface area contributed by atoms with Gasteiger partial charge in [-0.3, -0.25) is 9.78 Å². The van der Waals surface area contributed by atoms with Crippen LogP contribution in [-0.2, 0) is 4.79 Å². The lowest BCUT2D eigenvalue weighted by Gasteiger charge is -2.37. The largest absolute Gasteiger partial charge is 0.480 e. The van der Waals surface area contributed by atoms with E-state index in [9.17, 15) is 14.7 Å². The van der Waals surface area contributed by atoms with Crippen LogP contribution in [0, 0.1) is 12.8 Å². The SMILES string of the molecule is Cc1cc(C(=O)NC2(C(=O)O)CCCC(C)C2)ccn1. The molecule has 5 heteroatoms. The van der Waals surface area contributed by atoms with Gasteiger partial charge in [0, 0.05) is 17.5 Å². The van der Waals surface area contributed by atoms with Crippen LogP contribution in [0.2, 0.25) is 0 Å². The zero-order valence-corrected chi connectivity index (χ0v) is 11.8. The summed E-state index contributed by atoms with van der Waals surface area (Å²) in [5.74, 6) is -0.977. The number of carboxylic acids is 1. The normalized spacial score (nSPS) is 26.0. The minimum absolute atomic E-state index is 0.305. The van der Waals surface area contributed by atoms with Crippen LogP contribution in [0.25, 0.3) is 0 Å². The van der Waals surface area contributed by atoms with Crippen LogP contribution in [-0.4, -0.2) is 27.5 Å². The van der Waals surface area contributed by atoms with Crippen molar-refractivity contribution < 1.29 is 14.7 Å². The van der Waals surface area contributed by atoms with E-state index in [1.807, 2.05) is 6.92 Å². The Labute approximate surface area is 118 Å². The minimum Gasteiger partial charge on any atom is -0.480 e. The van der Waals surface area contributed by atoms with Crippen molar-refractivity contribution in [3.63, 3.8) is 0 Å². The van der Waals surface area contributed by atoms with Gasteiger partial charge in [0.2, 0.25) is 0 Å². The molecule has 1 aliphatic rings.